The molecule has 1 rings (SSSR count). The summed E-state index contributed by atoms with van der Waals surface area (Å²) in [5.41, 5.74) is -1.39. The molecule has 8 nitrogen and oxygen atoms in total. The standard InChI is InChI=1S/C30H46O8/c1-7-13-19-29(25(31)35-9-3,26(32)36-10-4)21-23-15-17-24(18-16-23)22-30(20-14-8-2,27(33)37-11-5)28(34)38-12-6/h15-18H,7-14,19-22H2,1-6H3. The third kappa shape index (κ3) is 8.57. The predicted octanol–water partition coefficient (Wildman–Crippen LogP) is 5.38. The molecule has 0 aliphatic carbocycles. The molecule has 214 valence electrons. The smallest absolute Gasteiger partial charge is 0.323 e. The molecule has 0 bridgehead atoms. The second-order valence-electron chi connectivity index (χ2n) is 9.42. The van der Waals surface area contributed by atoms with E-state index in [4.69, 9.17) is 18.9 Å². The predicted molar refractivity (Wildman–Crippen MR) is 144 cm³/mol. The van der Waals surface area contributed by atoms with Gasteiger partial charge in [-0.25, -0.2) is 0 Å². The minimum absolute atomic E-state index is 0.127. The summed E-state index contributed by atoms with van der Waals surface area (Å²) in [5, 5.41) is 0. The van der Waals surface area contributed by atoms with Crippen molar-refractivity contribution < 1.29 is 38.1 Å². The van der Waals surface area contributed by atoms with E-state index in [1.54, 1.807) is 27.7 Å². The van der Waals surface area contributed by atoms with Gasteiger partial charge >= 0.3 is 23.9 Å². The topological polar surface area (TPSA) is 105 Å². The normalized spacial score (nSPS) is 11.5. The van der Waals surface area contributed by atoms with E-state index in [0.717, 1.165) is 24.0 Å². The van der Waals surface area contributed by atoms with Crippen molar-refractivity contribution in [2.24, 2.45) is 10.8 Å². The first kappa shape index (κ1) is 33.1. The summed E-state index contributed by atoms with van der Waals surface area (Å²) in [6, 6.07) is 7.26. The number of benzene rings is 1. The van der Waals surface area contributed by atoms with E-state index in [2.05, 4.69) is 0 Å². The summed E-state index contributed by atoms with van der Waals surface area (Å²) in [6.45, 7) is 11.5. The minimum atomic E-state index is -1.44. The Morgan fingerprint density at radius 3 is 1.00 bits per heavy atom. The van der Waals surface area contributed by atoms with Crippen molar-refractivity contribution in [2.75, 3.05) is 26.4 Å². The molecule has 0 aliphatic heterocycles. The lowest BCUT2D eigenvalue weighted by molar-refractivity contribution is -0.174. The van der Waals surface area contributed by atoms with Crippen molar-refractivity contribution in [3.05, 3.63) is 35.4 Å². The number of carbonyl (C=O) groups excluding carboxylic acids is 4. The van der Waals surface area contributed by atoms with Crippen molar-refractivity contribution in [3.8, 4) is 0 Å². The van der Waals surface area contributed by atoms with Gasteiger partial charge in [-0.15, -0.1) is 0 Å². The zero-order valence-corrected chi connectivity index (χ0v) is 24.1. The number of rotatable bonds is 18. The summed E-state index contributed by atoms with van der Waals surface area (Å²) in [4.78, 5) is 52.4. The molecule has 0 amide bonds. The summed E-state index contributed by atoms with van der Waals surface area (Å²) in [6.07, 6.45) is 3.82. The summed E-state index contributed by atoms with van der Waals surface area (Å²) >= 11 is 0. The molecule has 0 saturated carbocycles. The highest BCUT2D eigenvalue weighted by Gasteiger charge is 2.49. The molecule has 38 heavy (non-hydrogen) atoms. The molecule has 1 aromatic rings. The summed E-state index contributed by atoms with van der Waals surface area (Å²) in [5.74, 6) is -2.34. The molecule has 0 heterocycles. The summed E-state index contributed by atoms with van der Waals surface area (Å²) in [7, 11) is 0. The van der Waals surface area contributed by atoms with E-state index in [1.165, 1.54) is 0 Å². The quantitative estimate of drug-likeness (QED) is 0.140. The second kappa shape index (κ2) is 16.8. The van der Waals surface area contributed by atoms with Crippen LogP contribution in [0.4, 0.5) is 0 Å². The molecule has 0 aromatic heterocycles. The van der Waals surface area contributed by atoms with Crippen molar-refractivity contribution in [1.29, 1.82) is 0 Å². The van der Waals surface area contributed by atoms with Crippen molar-refractivity contribution in [1.82, 2.24) is 0 Å². The number of ether oxygens (including phenoxy) is 4. The number of carbonyl (C=O) groups is 4. The van der Waals surface area contributed by atoms with Gasteiger partial charge in [0.1, 0.15) is 0 Å². The van der Waals surface area contributed by atoms with Gasteiger partial charge in [0.25, 0.3) is 0 Å². The molecular formula is C30H46O8. The highest BCUT2D eigenvalue weighted by atomic mass is 16.6. The van der Waals surface area contributed by atoms with E-state index in [1.807, 2.05) is 38.1 Å². The van der Waals surface area contributed by atoms with Gasteiger partial charge in [-0.3, -0.25) is 19.2 Å². The number of esters is 4. The molecule has 1 aromatic carbocycles. The molecule has 0 radical (unpaired) electrons. The van der Waals surface area contributed by atoms with Crippen LogP contribution in [0.3, 0.4) is 0 Å². The molecule has 0 N–H and O–H groups in total. The molecule has 0 saturated heterocycles. The van der Waals surface area contributed by atoms with Crippen LogP contribution in [0.5, 0.6) is 0 Å². The lowest BCUT2D eigenvalue weighted by Crippen LogP contribution is -2.44. The Morgan fingerprint density at radius 1 is 0.526 bits per heavy atom. The lowest BCUT2D eigenvalue weighted by atomic mass is 9.75. The molecule has 0 atom stereocenters. The third-order valence-corrected chi connectivity index (χ3v) is 6.61. The molecular weight excluding hydrogens is 488 g/mol. The van der Waals surface area contributed by atoms with Crippen LogP contribution >= 0.6 is 0 Å². The van der Waals surface area contributed by atoms with Crippen LogP contribution in [-0.4, -0.2) is 50.3 Å². The Kier molecular flexibility index (Phi) is 14.7. The Bertz CT molecular complexity index is 781. The van der Waals surface area contributed by atoms with E-state index in [0.29, 0.717) is 25.7 Å². The largest absolute Gasteiger partial charge is 0.465 e. The molecule has 0 spiro atoms. The van der Waals surface area contributed by atoms with Crippen LogP contribution in [0.25, 0.3) is 0 Å². The van der Waals surface area contributed by atoms with E-state index in [9.17, 15) is 19.2 Å². The lowest BCUT2D eigenvalue weighted by Gasteiger charge is -2.30. The monoisotopic (exact) mass is 534 g/mol. The second-order valence-corrected chi connectivity index (χ2v) is 9.42. The van der Waals surface area contributed by atoms with Gasteiger partial charge < -0.3 is 18.9 Å². The van der Waals surface area contributed by atoms with Gasteiger partial charge in [0.15, 0.2) is 10.8 Å². The number of hydrogen-bond acceptors (Lipinski definition) is 8. The third-order valence-electron chi connectivity index (χ3n) is 6.61. The van der Waals surface area contributed by atoms with Crippen LogP contribution in [0.15, 0.2) is 24.3 Å². The van der Waals surface area contributed by atoms with Crippen LogP contribution in [0, 0.1) is 10.8 Å². The number of unbranched alkanes of at least 4 members (excludes halogenated alkanes) is 2. The maximum Gasteiger partial charge on any atom is 0.323 e. The first-order valence-electron chi connectivity index (χ1n) is 14.0. The minimum Gasteiger partial charge on any atom is -0.465 e. The molecule has 0 aliphatic rings. The van der Waals surface area contributed by atoms with Gasteiger partial charge in [-0.05, 0) is 64.5 Å². The fourth-order valence-corrected chi connectivity index (χ4v) is 4.55. The zero-order chi connectivity index (χ0) is 28.6. The highest BCUT2D eigenvalue weighted by Crippen LogP contribution is 2.36. The summed E-state index contributed by atoms with van der Waals surface area (Å²) < 4.78 is 21.3. The molecule has 0 unspecified atom stereocenters. The average Bonchev–Trinajstić information content (AvgIpc) is 2.90. The van der Waals surface area contributed by atoms with Gasteiger partial charge in [0, 0.05) is 0 Å². The maximum absolute atomic E-state index is 13.1. The van der Waals surface area contributed by atoms with Crippen LogP contribution < -0.4 is 0 Å². The Morgan fingerprint density at radius 2 is 0.789 bits per heavy atom. The van der Waals surface area contributed by atoms with Gasteiger partial charge in [0.2, 0.25) is 0 Å². The van der Waals surface area contributed by atoms with E-state index in [-0.39, 0.29) is 39.3 Å². The van der Waals surface area contributed by atoms with Crippen molar-refractivity contribution in [2.45, 2.75) is 92.9 Å². The zero-order valence-electron chi connectivity index (χ0n) is 24.1. The van der Waals surface area contributed by atoms with Crippen molar-refractivity contribution in [3.63, 3.8) is 0 Å². The average molecular weight is 535 g/mol. The van der Waals surface area contributed by atoms with Gasteiger partial charge in [-0.2, -0.15) is 0 Å². The Balaban J connectivity index is 3.41. The van der Waals surface area contributed by atoms with Gasteiger partial charge in [-0.1, -0.05) is 63.8 Å². The Labute approximate surface area is 227 Å². The van der Waals surface area contributed by atoms with E-state index < -0.39 is 34.7 Å². The van der Waals surface area contributed by atoms with Crippen LogP contribution in [-0.2, 0) is 51.0 Å². The number of hydrogen-bond donors (Lipinski definition) is 0. The molecule has 0 fully saturated rings. The maximum atomic E-state index is 13.1. The fraction of sp³-hybridized carbons (Fsp3) is 0.667. The fourth-order valence-electron chi connectivity index (χ4n) is 4.55. The highest BCUT2D eigenvalue weighted by molar-refractivity contribution is 6.01. The first-order valence-corrected chi connectivity index (χ1v) is 14.0. The molecule has 8 heteroatoms. The van der Waals surface area contributed by atoms with Crippen molar-refractivity contribution >= 4 is 23.9 Å². The first-order chi connectivity index (χ1) is 18.2. The van der Waals surface area contributed by atoms with Gasteiger partial charge in [0.05, 0.1) is 26.4 Å². The van der Waals surface area contributed by atoms with E-state index >= 15 is 0 Å². The SMILES string of the molecule is CCCCC(Cc1ccc(CC(CCCC)(C(=O)OCC)C(=O)OCC)cc1)(C(=O)OCC)C(=O)OCC. The van der Waals surface area contributed by atoms with Crippen LogP contribution in [0.2, 0.25) is 0 Å². The Hall–Kier alpha value is -2.90. The van der Waals surface area contributed by atoms with Crippen LogP contribution in [0.1, 0.15) is 91.2 Å².